The predicted molar refractivity (Wildman–Crippen MR) is 141 cm³/mol. The minimum Gasteiger partial charge on any atom is -0.284 e. The number of hydrogen-bond acceptors (Lipinski definition) is 5. The lowest BCUT2D eigenvalue weighted by Gasteiger charge is -2.39. The fraction of sp³-hybridized carbons (Fsp3) is 0.290. The Bertz CT molecular complexity index is 1670. The zero-order valence-corrected chi connectivity index (χ0v) is 20.8. The van der Waals surface area contributed by atoms with Gasteiger partial charge in [-0.3, -0.25) is 14.5 Å². The molecule has 0 N–H and O–H groups in total. The largest absolute Gasteiger partial charge is 0.284 e. The van der Waals surface area contributed by atoms with Crippen LogP contribution in [0.15, 0.2) is 66.7 Å². The molecule has 6 nitrogen and oxygen atoms in total. The van der Waals surface area contributed by atoms with E-state index in [9.17, 15) is 9.59 Å². The second kappa shape index (κ2) is 7.11. The maximum Gasteiger partial charge on any atom is 0.240 e. The minimum absolute atomic E-state index is 0.00594. The number of aromatic nitrogens is 2. The smallest absolute Gasteiger partial charge is 0.240 e. The quantitative estimate of drug-likeness (QED) is 0.363. The van der Waals surface area contributed by atoms with Gasteiger partial charge in [0, 0.05) is 11.6 Å². The molecule has 182 valence electrons. The molecule has 4 atom stereocenters. The van der Waals surface area contributed by atoms with Crippen LogP contribution in [0.4, 0.5) is 5.69 Å². The molecular weight excluding hydrogens is 460 g/mol. The molecule has 0 bridgehead atoms. The van der Waals surface area contributed by atoms with E-state index in [0.717, 1.165) is 58.5 Å². The first-order chi connectivity index (χ1) is 18.0. The molecule has 37 heavy (non-hydrogen) atoms. The summed E-state index contributed by atoms with van der Waals surface area (Å²) in [4.78, 5) is 42.8. The third-order valence-corrected chi connectivity index (χ3v) is 9.22. The van der Waals surface area contributed by atoms with Gasteiger partial charge in [-0.25, -0.2) is 14.9 Å². The summed E-state index contributed by atoms with van der Waals surface area (Å²) >= 11 is 0. The molecule has 1 aromatic heterocycles. The maximum absolute atomic E-state index is 14.4. The lowest BCUT2D eigenvalue weighted by atomic mass is 9.75. The van der Waals surface area contributed by atoms with Crippen molar-refractivity contribution in [3.05, 3.63) is 89.1 Å². The highest BCUT2D eigenvalue weighted by molar-refractivity contribution is 6.23. The number of fused-ring (bicyclic) bond motifs is 11. The van der Waals surface area contributed by atoms with Crippen molar-refractivity contribution in [1.82, 2.24) is 14.9 Å². The van der Waals surface area contributed by atoms with E-state index in [-0.39, 0.29) is 17.9 Å². The van der Waals surface area contributed by atoms with Crippen LogP contribution in [-0.2, 0) is 15.1 Å². The summed E-state index contributed by atoms with van der Waals surface area (Å²) in [5.41, 5.74) is 7.65. The van der Waals surface area contributed by atoms with Crippen LogP contribution in [0.25, 0.3) is 22.3 Å². The Balaban J connectivity index is 1.44. The normalized spacial score (nSPS) is 27.7. The first-order valence-electron chi connectivity index (χ1n) is 13.1. The summed E-state index contributed by atoms with van der Waals surface area (Å²) in [5.74, 6) is -1.14. The molecule has 8 rings (SSSR count). The number of carbonyl (C=O) groups is 2. The van der Waals surface area contributed by atoms with E-state index in [2.05, 4.69) is 43.0 Å². The molecule has 1 unspecified atom stereocenters. The SMILES string of the molecule is Cc1cc2nc3c(nc2cc1C)C1(c2ccccc2-3)[C@H]2C(=O)N(c3ccccc3)C(=O)[C@H]2[C@@H]2CCCN21. The van der Waals surface area contributed by atoms with Crippen molar-refractivity contribution in [2.24, 2.45) is 11.8 Å². The van der Waals surface area contributed by atoms with Gasteiger partial charge in [-0.15, -0.1) is 0 Å². The molecule has 1 spiro atoms. The Morgan fingerprint density at radius 2 is 1.57 bits per heavy atom. The van der Waals surface area contributed by atoms with E-state index >= 15 is 0 Å². The summed E-state index contributed by atoms with van der Waals surface area (Å²) < 4.78 is 0. The number of imide groups is 1. The van der Waals surface area contributed by atoms with E-state index in [1.54, 1.807) is 0 Å². The van der Waals surface area contributed by atoms with Gasteiger partial charge in [-0.2, -0.15) is 0 Å². The summed E-state index contributed by atoms with van der Waals surface area (Å²) in [6.45, 7) is 5.02. The van der Waals surface area contributed by atoms with E-state index in [0.29, 0.717) is 5.69 Å². The van der Waals surface area contributed by atoms with E-state index in [1.807, 2.05) is 42.5 Å². The molecule has 3 fully saturated rings. The van der Waals surface area contributed by atoms with Crippen molar-refractivity contribution in [3.8, 4) is 11.3 Å². The number of carbonyl (C=O) groups excluding carboxylic acids is 2. The van der Waals surface area contributed by atoms with Gasteiger partial charge in [0.15, 0.2) is 0 Å². The summed E-state index contributed by atoms with van der Waals surface area (Å²) in [7, 11) is 0. The van der Waals surface area contributed by atoms with Gasteiger partial charge in [0.1, 0.15) is 5.54 Å². The molecular formula is C31H26N4O2. The van der Waals surface area contributed by atoms with Crippen LogP contribution >= 0.6 is 0 Å². The highest BCUT2D eigenvalue weighted by Crippen LogP contribution is 2.64. The first kappa shape index (κ1) is 21.2. The molecule has 4 aromatic rings. The Morgan fingerprint density at radius 3 is 2.35 bits per heavy atom. The monoisotopic (exact) mass is 486 g/mol. The van der Waals surface area contributed by atoms with Gasteiger partial charge in [0.05, 0.1) is 39.9 Å². The number of para-hydroxylation sites is 1. The topological polar surface area (TPSA) is 66.4 Å². The summed E-state index contributed by atoms with van der Waals surface area (Å²) in [6, 6.07) is 21.9. The zero-order valence-electron chi connectivity index (χ0n) is 20.8. The Labute approximate surface area is 215 Å². The van der Waals surface area contributed by atoms with Crippen molar-refractivity contribution in [2.75, 3.05) is 11.4 Å². The number of hydrogen-bond donors (Lipinski definition) is 0. The summed E-state index contributed by atoms with van der Waals surface area (Å²) in [5, 5.41) is 0. The Kier molecular flexibility index (Phi) is 4.07. The Hall–Kier alpha value is -3.90. The lowest BCUT2D eigenvalue weighted by molar-refractivity contribution is -0.124. The average molecular weight is 487 g/mol. The van der Waals surface area contributed by atoms with Crippen molar-refractivity contribution in [1.29, 1.82) is 0 Å². The number of rotatable bonds is 1. The molecule has 3 aliphatic heterocycles. The number of nitrogens with zero attached hydrogens (tertiary/aromatic N) is 4. The van der Waals surface area contributed by atoms with Crippen molar-refractivity contribution < 1.29 is 9.59 Å². The molecule has 4 aliphatic rings. The number of benzene rings is 3. The van der Waals surface area contributed by atoms with Gasteiger partial charge < -0.3 is 0 Å². The lowest BCUT2D eigenvalue weighted by Crippen LogP contribution is -2.50. The second-order valence-electron chi connectivity index (χ2n) is 10.9. The first-order valence-corrected chi connectivity index (χ1v) is 13.1. The van der Waals surface area contributed by atoms with Crippen LogP contribution < -0.4 is 4.90 Å². The van der Waals surface area contributed by atoms with Crippen molar-refractivity contribution in [3.63, 3.8) is 0 Å². The Morgan fingerprint density at radius 1 is 0.865 bits per heavy atom. The van der Waals surface area contributed by atoms with Crippen LogP contribution in [0.2, 0.25) is 0 Å². The average Bonchev–Trinajstić information content (AvgIpc) is 3.62. The van der Waals surface area contributed by atoms with E-state index in [1.165, 1.54) is 10.5 Å². The number of amides is 2. The molecule has 4 heterocycles. The zero-order chi connectivity index (χ0) is 25.1. The highest BCUT2D eigenvalue weighted by atomic mass is 16.2. The van der Waals surface area contributed by atoms with Crippen molar-refractivity contribution in [2.45, 2.75) is 38.3 Å². The van der Waals surface area contributed by atoms with Crippen molar-refractivity contribution >= 4 is 28.5 Å². The highest BCUT2D eigenvalue weighted by Gasteiger charge is 2.73. The van der Waals surface area contributed by atoms with Crippen LogP contribution in [0.1, 0.15) is 35.2 Å². The number of aryl methyl sites for hydroxylation is 2. The van der Waals surface area contributed by atoms with Crippen LogP contribution in [0.5, 0.6) is 0 Å². The molecule has 0 saturated carbocycles. The van der Waals surface area contributed by atoms with Gasteiger partial charge in [-0.05, 0) is 74.2 Å². The van der Waals surface area contributed by atoms with Crippen LogP contribution in [0, 0.1) is 25.7 Å². The van der Waals surface area contributed by atoms with Gasteiger partial charge in [0.25, 0.3) is 0 Å². The standard InChI is InChI=1S/C31H26N4O2/c1-17-15-22-23(16-18(17)2)33-28-27(32-22)20-11-6-7-12-21(20)31(28)26-25(24-13-8-14-34(24)31)29(36)35(30(26)37)19-9-4-3-5-10-19/h3-7,9-12,15-16,24-26H,8,13-14H2,1-2H3/t24-,25-,26+,31?/m0/s1. The van der Waals surface area contributed by atoms with Gasteiger partial charge in [0.2, 0.25) is 11.8 Å². The van der Waals surface area contributed by atoms with E-state index < -0.39 is 17.4 Å². The fourth-order valence-corrected chi connectivity index (χ4v) is 7.65. The second-order valence-corrected chi connectivity index (χ2v) is 10.9. The molecule has 1 aliphatic carbocycles. The van der Waals surface area contributed by atoms with Crippen LogP contribution in [0.3, 0.4) is 0 Å². The maximum atomic E-state index is 14.4. The van der Waals surface area contributed by atoms with Crippen LogP contribution in [-0.4, -0.2) is 39.3 Å². The van der Waals surface area contributed by atoms with E-state index in [4.69, 9.17) is 9.97 Å². The molecule has 2 amide bonds. The third kappa shape index (κ3) is 2.44. The van der Waals surface area contributed by atoms with Gasteiger partial charge in [-0.1, -0.05) is 42.5 Å². The van der Waals surface area contributed by atoms with Gasteiger partial charge >= 0.3 is 0 Å². The number of anilines is 1. The minimum atomic E-state index is -0.798. The molecule has 3 saturated heterocycles. The predicted octanol–water partition coefficient (Wildman–Crippen LogP) is 4.75. The third-order valence-electron chi connectivity index (χ3n) is 9.22. The molecule has 3 aromatic carbocycles. The molecule has 0 radical (unpaired) electrons. The summed E-state index contributed by atoms with van der Waals surface area (Å²) in [6.07, 6.45) is 1.90. The molecule has 6 heteroatoms. The fourth-order valence-electron chi connectivity index (χ4n) is 7.65.